The molecule has 0 saturated heterocycles. The van der Waals surface area contributed by atoms with Gasteiger partial charge in [0.1, 0.15) is 11.6 Å². The van der Waals surface area contributed by atoms with Gasteiger partial charge in [-0.3, -0.25) is 5.43 Å². The summed E-state index contributed by atoms with van der Waals surface area (Å²) in [5.41, 5.74) is 9.14. The molecule has 0 unspecified atom stereocenters. The van der Waals surface area contributed by atoms with Gasteiger partial charge in [0.15, 0.2) is 0 Å². The zero-order chi connectivity index (χ0) is 14.5. The quantitative estimate of drug-likeness (QED) is 0.653. The predicted molar refractivity (Wildman–Crippen MR) is 85.0 cm³/mol. The third kappa shape index (κ3) is 4.11. The Hall–Kier alpha value is -1.79. The fourth-order valence-electron chi connectivity index (χ4n) is 1.48. The van der Waals surface area contributed by atoms with Gasteiger partial charge in [-0.1, -0.05) is 11.6 Å². The van der Waals surface area contributed by atoms with Crippen LogP contribution in [0.15, 0.2) is 28.7 Å². The van der Waals surface area contributed by atoms with E-state index in [9.17, 15) is 0 Å². The molecule has 0 aliphatic carbocycles. The van der Waals surface area contributed by atoms with Crippen LogP contribution in [-0.4, -0.2) is 17.3 Å². The minimum Gasteiger partial charge on any atom is -0.490 e. The predicted octanol–water partition coefficient (Wildman–Crippen LogP) is 3.61. The molecule has 0 bridgehead atoms. The number of thiazole rings is 1. The number of nitrogens with one attached hydrogen (secondary N) is 1. The average molecular weight is 311 g/mol. The summed E-state index contributed by atoms with van der Waals surface area (Å²) < 4.78 is 5.70. The van der Waals surface area contributed by atoms with Gasteiger partial charge in [0.2, 0.25) is 5.13 Å². The molecule has 0 amide bonds. The number of benzene rings is 1. The van der Waals surface area contributed by atoms with Crippen molar-refractivity contribution in [1.29, 1.82) is 0 Å². The molecule has 20 heavy (non-hydrogen) atoms. The summed E-state index contributed by atoms with van der Waals surface area (Å²) in [5, 5.41) is 7.11. The smallest absolute Gasteiger partial charge is 0.205 e. The number of nitrogen functional groups attached to an aromatic ring is 1. The number of halogens is 1. The third-order valence-corrected chi connectivity index (χ3v) is 3.22. The van der Waals surface area contributed by atoms with Crippen molar-refractivity contribution in [2.75, 3.05) is 11.2 Å². The van der Waals surface area contributed by atoms with Crippen LogP contribution in [0.2, 0.25) is 5.02 Å². The van der Waals surface area contributed by atoms with Gasteiger partial charge >= 0.3 is 0 Å². The highest BCUT2D eigenvalue weighted by Crippen LogP contribution is 2.23. The normalized spacial score (nSPS) is 11.2. The molecule has 0 radical (unpaired) electrons. The second-order valence-corrected chi connectivity index (χ2v) is 5.59. The average Bonchev–Trinajstić information content (AvgIpc) is 2.78. The lowest BCUT2D eigenvalue weighted by atomic mass is 10.2. The Morgan fingerprint density at radius 1 is 1.50 bits per heavy atom. The van der Waals surface area contributed by atoms with Crippen LogP contribution in [0.1, 0.15) is 19.4 Å². The molecule has 7 heteroatoms. The number of nitrogens with two attached hydrogens (primary N) is 1. The number of hydrogen-bond acceptors (Lipinski definition) is 6. The lowest BCUT2D eigenvalue weighted by Crippen LogP contribution is -2.07. The van der Waals surface area contributed by atoms with Crippen LogP contribution in [0, 0.1) is 0 Å². The Kier molecular flexibility index (Phi) is 4.81. The van der Waals surface area contributed by atoms with Crippen LogP contribution < -0.4 is 15.9 Å². The number of ether oxygens (including phenoxy) is 1. The van der Waals surface area contributed by atoms with Crippen LogP contribution in [0.5, 0.6) is 5.75 Å². The zero-order valence-electron chi connectivity index (χ0n) is 11.1. The van der Waals surface area contributed by atoms with E-state index < -0.39 is 0 Å². The molecule has 0 atom stereocenters. The molecule has 1 aromatic carbocycles. The van der Waals surface area contributed by atoms with E-state index in [1.807, 2.05) is 19.9 Å². The van der Waals surface area contributed by atoms with E-state index >= 15 is 0 Å². The largest absolute Gasteiger partial charge is 0.490 e. The first kappa shape index (κ1) is 14.6. The first-order chi connectivity index (χ1) is 9.54. The monoisotopic (exact) mass is 310 g/mol. The first-order valence-corrected chi connectivity index (χ1v) is 7.26. The molecule has 2 rings (SSSR count). The molecule has 1 aromatic heterocycles. The van der Waals surface area contributed by atoms with Gasteiger partial charge in [-0.05, 0) is 32.0 Å². The summed E-state index contributed by atoms with van der Waals surface area (Å²) in [6.07, 6.45) is 1.72. The van der Waals surface area contributed by atoms with Crippen molar-refractivity contribution in [3.63, 3.8) is 0 Å². The molecule has 0 fully saturated rings. The molecule has 0 spiro atoms. The van der Waals surface area contributed by atoms with Crippen molar-refractivity contribution in [3.8, 4) is 5.75 Å². The van der Waals surface area contributed by atoms with Crippen LogP contribution in [-0.2, 0) is 0 Å². The Morgan fingerprint density at radius 2 is 2.30 bits per heavy atom. The maximum Gasteiger partial charge on any atom is 0.205 e. The Balaban J connectivity index is 2.12. The Morgan fingerprint density at radius 3 is 2.95 bits per heavy atom. The van der Waals surface area contributed by atoms with Crippen molar-refractivity contribution in [3.05, 3.63) is 34.2 Å². The summed E-state index contributed by atoms with van der Waals surface area (Å²) in [6.45, 7) is 3.93. The maximum absolute atomic E-state index is 5.99. The molecule has 3 N–H and O–H groups in total. The van der Waals surface area contributed by atoms with Crippen LogP contribution in [0.25, 0.3) is 0 Å². The van der Waals surface area contributed by atoms with Gasteiger partial charge < -0.3 is 10.5 Å². The maximum atomic E-state index is 5.99. The van der Waals surface area contributed by atoms with Crippen molar-refractivity contribution in [1.82, 2.24) is 4.98 Å². The fraction of sp³-hybridized carbons (Fsp3) is 0.231. The van der Waals surface area contributed by atoms with E-state index in [1.165, 1.54) is 11.3 Å². The van der Waals surface area contributed by atoms with Gasteiger partial charge in [0.25, 0.3) is 0 Å². The van der Waals surface area contributed by atoms with Gasteiger partial charge in [-0.25, -0.2) is 4.98 Å². The topological polar surface area (TPSA) is 72.5 Å². The second kappa shape index (κ2) is 6.58. The second-order valence-electron chi connectivity index (χ2n) is 4.30. The standard InChI is InChI=1S/C13H15ClN4OS/c1-8(2)19-11-4-3-10(14)5-9(11)6-16-18-13-17-12(15)7-20-13/h3-8H,15H2,1-2H3,(H,17,18). The van der Waals surface area contributed by atoms with E-state index in [-0.39, 0.29) is 6.10 Å². The van der Waals surface area contributed by atoms with E-state index in [1.54, 1.807) is 23.7 Å². The van der Waals surface area contributed by atoms with Crippen molar-refractivity contribution in [2.45, 2.75) is 20.0 Å². The lowest BCUT2D eigenvalue weighted by molar-refractivity contribution is 0.242. The summed E-state index contributed by atoms with van der Waals surface area (Å²) >= 11 is 7.37. The molecule has 1 heterocycles. The molecule has 0 saturated carbocycles. The third-order valence-electron chi connectivity index (χ3n) is 2.22. The Bertz CT molecular complexity index is 612. The summed E-state index contributed by atoms with van der Waals surface area (Å²) in [5.74, 6) is 1.20. The van der Waals surface area contributed by atoms with Crippen molar-refractivity contribution >= 4 is 40.1 Å². The molecule has 0 aliphatic heterocycles. The zero-order valence-corrected chi connectivity index (χ0v) is 12.7. The van der Waals surface area contributed by atoms with Crippen LogP contribution in [0.3, 0.4) is 0 Å². The number of hydrazone groups is 1. The minimum absolute atomic E-state index is 0.0787. The summed E-state index contributed by atoms with van der Waals surface area (Å²) in [6, 6.07) is 5.40. The molecule has 106 valence electrons. The fourth-order valence-corrected chi connectivity index (χ4v) is 2.21. The molecular formula is C13H15ClN4OS. The van der Waals surface area contributed by atoms with E-state index in [0.717, 1.165) is 11.3 Å². The number of aromatic nitrogens is 1. The Labute approximate surface area is 126 Å². The number of hydrogen-bond donors (Lipinski definition) is 2. The molecule has 2 aromatic rings. The molecule has 5 nitrogen and oxygen atoms in total. The van der Waals surface area contributed by atoms with E-state index in [0.29, 0.717) is 16.0 Å². The molecule has 0 aliphatic rings. The van der Waals surface area contributed by atoms with Crippen LogP contribution in [0.4, 0.5) is 10.9 Å². The highest BCUT2D eigenvalue weighted by atomic mass is 35.5. The minimum atomic E-state index is 0.0787. The van der Waals surface area contributed by atoms with Gasteiger partial charge in [0, 0.05) is 16.0 Å². The lowest BCUT2D eigenvalue weighted by Gasteiger charge is -2.12. The highest BCUT2D eigenvalue weighted by Gasteiger charge is 2.05. The van der Waals surface area contributed by atoms with Gasteiger partial charge in [-0.2, -0.15) is 5.10 Å². The molecular weight excluding hydrogens is 296 g/mol. The number of rotatable bonds is 5. The van der Waals surface area contributed by atoms with E-state index in [4.69, 9.17) is 22.1 Å². The highest BCUT2D eigenvalue weighted by molar-refractivity contribution is 7.14. The SMILES string of the molecule is CC(C)Oc1ccc(Cl)cc1C=NNc1nc(N)cs1. The van der Waals surface area contributed by atoms with Crippen LogP contribution >= 0.6 is 22.9 Å². The van der Waals surface area contributed by atoms with Gasteiger partial charge in [0.05, 0.1) is 12.3 Å². The van der Waals surface area contributed by atoms with Gasteiger partial charge in [-0.15, -0.1) is 11.3 Å². The number of anilines is 2. The first-order valence-electron chi connectivity index (χ1n) is 6.01. The van der Waals surface area contributed by atoms with Crippen molar-refractivity contribution < 1.29 is 4.74 Å². The summed E-state index contributed by atoms with van der Waals surface area (Å²) in [7, 11) is 0. The van der Waals surface area contributed by atoms with Crippen molar-refractivity contribution in [2.24, 2.45) is 5.10 Å². The van der Waals surface area contributed by atoms with E-state index in [2.05, 4.69) is 15.5 Å². The number of nitrogens with zero attached hydrogens (tertiary/aromatic N) is 2. The summed E-state index contributed by atoms with van der Waals surface area (Å²) in [4.78, 5) is 4.04.